The van der Waals surface area contributed by atoms with Gasteiger partial charge < -0.3 is 11.5 Å². The topological polar surface area (TPSA) is 115 Å². The molecule has 1 aromatic heterocycles. The summed E-state index contributed by atoms with van der Waals surface area (Å²) in [5, 5.41) is 0.340. The Hall–Kier alpha value is -1.83. The summed E-state index contributed by atoms with van der Waals surface area (Å²) in [5.74, 6) is 0.277. The van der Waals surface area contributed by atoms with Gasteiger partial charge in [-0.1, -0.05) is 11.8 Å². The molecule has 2 heterocycles. The second-order valence-electron chi connectivity index (χ2n) is 3.83. The Balaban J connectivity index is 1.95. The molecule has 1 aromatic rings. The van der Waals surface area contributed by atoms with E-state index in [2.05, 4.69) is 9.97 Å². The minimum Gasteiger partial charge on any atom is -0.383 e. The first-order valence-electron chi connectivity index (χ1n) is 5.42. The molecule has 1 aliphatic rings. The molecule has 2 rings (SSSR count). The number of anilines is 2. The van der Waals surface area contributed by atoms with Crippen molar-refractivity contribution in [1.29, 1.82) is 0 Å². The number of likely N-dealkylation sites (tertiary alicyclic amines) is 1. The standard InChI is InChI=1S/C10H13N5O2S/c11-6-4-7(12)14-10(13-6)18-5-9(17)15-3-1-2-8(15)16/h4H,1-3,5H2,(H4,11,12,13,14). The van der Waals surface area contributed by atoms with Gasteiger partial charge >= 0.3 is 0 Å². The van der Waals surface area contributed by atoms with E-state index in [1.165, 1.54) is 11.0 Å². The lowest BCUT2D eigenvalue weighted by molar-refractivity contribution is -0.140. The van der Waals surface area contributed by atoms with Crippen molar-refractivity contribution >= 4 is 35.2 Å². The highest BCUT2D eigenvalue weighted by atomic mass is 32.2. The molecule has 0 atom stereocenters. The van der Waals surface area contributed by atoms with E-state index in [0.717, 1.165) is 18.2 Å². The highest BCUT2D eigenvalue weighted by molar-refractivity contribution is 7.99. The third kappa shape index (κ3) is 2.89. The van der Waals surface area contributed by atoms with E-state index in [9.17, 15) is 9.59 Å². The Morgan fingerprint density at radius 3 is 2.61 bits per heavy atom. The molecule has 0 unspecified atom stereocenters. The van der Waals surface area contributed by atoms with E-state index in [1.807, 2.05) is 0 Å². The fraction of sp³-hybridized carbons (Fsp3) is 0.400. The Morgan fingerprint density at radius 1 is 1.39 bits per heavy atom. The molecule has 2 amide bonds. The largest absolute Gasteiger partial charge is 0.383 e. The van der Waals surface area contributed by atoms with Crippen molar-refractivity contribution in [2.75, 3.05) is 23.8 Å². The van der Waals surface area contributed by atoms with Crippen LogP contribution in [0.5, 0.6) is 0 Å². The van der Waals surface area contributed by atoms with Crippen molar-refractivity contribution < 1.29 is 9.59 Å². The number of thioether (sulfide) groups is 1. The van der Waals surface area contributed by atoms with Gasteiger partial charge in [-0.2, -0.15) is 0 Å². The van der Waals surface area contributed by atoms with Crippen LogP contribution in [0.15, 0.2) is 11.2 Å². The Morgan fingerprint density at radius 2 is 2.06 bits per heavy atom. The summed E-state index contributed by atoms with van der Waals surface area (Å²) in [7, 11) is 0. The van der Waals surface area contributed by atoms with E-state index in [4.69, 9.17) is 11.5 Å². The number of amides is 2. The van der Waals surface area contributed by atoms with Gasteiger partial charge in [0.05, 0.1) is 5.75 Å². The summed E-state index contributed by atoms with van der Waals surface area (Å²) in [5.41, 5.74) is 11.0. The van der Waals surface area contributed by atoms with E-state index >= 15 is 0 Å². The smallest absolute Gasteiger partial charge is 0.239 e. The summed E-state index contributed by atoms with van der Waals surface area (Å²) < 4.78 is 0. The molecule has 18 heavy (non-hydrogen) atoms. The molecule has 96 valence electrons. The molecule has 1 aliphatic heterocycles. The van der Waals surface area contributed by atoms with Crippen LogP contribution in [0.25, 0.3) is 0 Å². The van der Waals surface area contributed by atoms with E-state index < -0.39 is 0 Å². The minimum atomic E-state index is -0.230. The Kier molecular flexibility index (Phi) is 3.66. The summed E-state index contributed by atoms with van der Waals surface area (Å²) in [6.45, 7) is 0.498. The molecular weight excluding hydrogens is 254 g/mol. The molecule has 1 saturated heterocycles. The molecular formula is C10H13N5O2S. The third-order valence-corrected chi connectivity index (χ3v) is 3.28. The fourth-order valence-corrected chi connectivity index (χ4v) is 2.39. The second-order valence-corrected chi connectivity index (χ2v) is 4.77. The highest BCUT2D eigenvalue weighted by Crippen LogP contribution is 2.18. The number of aromatic nitrogens is 2. The number of carbonyl (C=O) groups excluding carboxylic acids is 2. The van der Waals surface area contributed by atoms with E-state index in [1.54, 1.807) is 0 Å². The highest BCUT2D eigenvalue weighted by Gasteiger charge is 2.26. The molecule has 0 spiro atoms. The Bertz CT molecular complexity index is 473. The predicted octanol–water partition coefficient (Wildman–Crippen LogP) is -0.118. The lowest BCUT2D eigenvalue weighted by Gasteiger charge is -2.12. The predicted molar refractivity (Wildman–Crippen MR) is 67.5 cm³/mol. The molecule has 1 fully saturated rings. The van der Waals surface area contributed by atoms with Crippen LogP contribution in [0.2, 0.25) is 0 Å². The summed E-state index contributed by atoms with van der Waals surface area (Å²) in [4.78, 5) is 32.3. The first-order chi connectivity index (χ1) is 8.56. The average Bonchev–Trinajstić information content (AvgIpc) is 2.71. The van der Waals surface area contributed by atoms with E-state index in [-0.39, 0.29) is 29.2 Å². The molecule has 0 aromatic carbocycles. The number of imide groups is 1. The summed E-state index contributed by atoms with van der Waals surface area (Å²) in [6.07, 6.45) is 1.18. The van der Waals surface area contributed by atoms with Crippen LogP contribution in [0, 0.1) is 0 Å². The van der Waals surface area contributed by atoms with Gasteiger partial charge in [-0.05, 0) is 6.42 Å². The maximum atomic E-state index is 11.8. The lowest BCUT2D eigenvalue weighted by atomic mass is 10.4. The number of rotatable bonds is 3. The normalized spacial score (nSPS) is 15.1. The van der Waals surface area contributed by atoms with Gasteiger partial charge in [0.15, 0.2) is 5.16 Å². The molecule has 4 N–H and O–H groups in total. The number of nitrogens with zero attached hydrogens (tertiary/aromatic N) is 3. The van der Waals surface area contributed by atoms with Crippen LogP contribution in [0.3, 0.4) is 0 Å². The van der Waals surface area contributed by atoms with Crippen LogP contribution in [-0.2, 0) is 9.59 Å². The van der Waals surface area contributed by atoms with Crippen LogP contribution in [0.4, 0.5) is 11.6 Å². The number of hydrogen-bond acceptors (Lipinski definition) is 7. The summed E-state index contributed by atoms with van der Waals surface area (Å²) in [6, 6.07) is 1.44. The van der Waals surface area contributed by atoms with Crippen molar-refractivity contribution in [3.05, 3.63) is 6.07 Å². The lowest BCUT2D eigenvalue weighted by Crippen LogP contribution is -2.33. The van der Waals surface area contributed by atoms with Crippen molar-refractivity contribution in [2.45, 2.75) is 18.0 Å². The molecule has 0 saturated carbocycles. The number of nitrogen functional groups attached to an aromatic ring is 2. The second kappa shape index (κ2) is 5.21. The fourth-order valence-electron chi connectivity index (χ4n) is 1.64. The van der Waals surface area contributed by atoms with E-state index in [0.29, 0.717) is 18.1 Å². The average molecular weight is 267 g/mol. The van der Waals surface area contributed by atoms with Crippen molar-refractivity contribution in [3.8, 4) is 0 Å². The van der Waals surface area contributed by atoms with Gasteiger partial charge in [0.1, 0.15) is 11.6 Å². The molecule has 7 nitrogen and oxygen atoms in total. The monoisotopic (exact) mass is 267 g/mol. The van der Waals surface area contributed by atoms with Gasteiger partial charge in [0, 0.05) is 19.0 Å². The number of nitrogens with two attached hydrogens (primary N) is 2. The zero-order valence-electron chi connectivity index (χ0n) is 9.63. The van der Waals surface area contributed by atoms with Crippen molar-refractivity contribution in [2.24, 2.45) is 0 Å². The van der Waals surface area contributed by atoms with Gasteiger partial charge in [-0.15, -0.1) is 0 Å². The van der Waals surface area contributed by atoms with Gasteiger partial charge in [-0.3, -0.25) is 14.5 Å². The number of carbonyl (C=O) groups is 2. The van der Waals surface area contributed by atoms with Gasteiger partial charge in [0.2, 0.25) is 11.8 Å². The maximum Gasteiger partial charge on any atom is 0.239 e. The quantitative estimate of drug-likeness (QED) is 0.579. The van der Waals surface area contributed by atoms with Crippen LogP contribution in [0.1, 0.15) is 12.8 Å². The van der Waals surface area contributed by atoms with Crippen molar-refractivity contribution in [3.63, 3.8) is 0 Å². The first-order valence-corrected chi connectivity index (χ1v) is 6.41. The van der Waals surface area contributed by atoms with Crippen LogP contribution in [-0.4, -0.2) is 39.0 Å². The van der Waals surface area contributed by atoms with Crippen molar-refractivity contribution in [1.82, 2.24) is 14.9 Å². The van der Waals surface area contributed by atoms with Crippen LogP contribution >= 0.6 is 11.8 Å². The Labute approximate surface area is 108 Å². The number of hydrogen-bond donors (Lipinski definition) is 2. The van der Waals surface area contributed by atoms with Crippen LogP contribution < -0.4 is 11.5 Å². The maximum absolute atomic E-state index is 11.8. The zero-order valence-corrected chi connectivity index (χ0v) is 10.4. The first kappa shape index (κ1) is 12.6. The SMILES string of the molecule is Nc1cc(N)nc(SCC(=O)N2CCCC2=O)n1. The van der Waals surface area contributed by atoms with Gasteiger partial charge in [0.25, 0.3) is 0 Å². The molecule has 0 aliphatic carbocycles. The minimum absolute atomic E-state index is 0.106. The van der Waals surface area contributed by atoms with Gasteiger partial charge in [-0.25, -0.2) is 9.97 Å². The molecule has 0 bridgehead atoms. The molecule has 0 radical (unpaired) electrons. The zero-order chi connectivity index (χ0) is 13.1. The third-order valence-electron chi connectivity index (χ3n) is 2.44. The summed E-state index contributed by atoms with van der Waals surface area (Å²) >= 11 is 1.12. The molecule has 8 heteroatoms.